The molecule has 2 amide bonds. The highest BCUT2D eigenvalue weighted by atomic mass is 32.2. The minimum absolute atomic E-state index is 0.105. The number of thioether (sulfide) groups is 1. The first-order valence-electron chi connectivity index (χ1n) is 10.9. The molecule has 4 aromatic rings. The normalized spacial score (nSPS) is 11.6. The molecular weight excluding hydrogens is 462 g/mol. The fourth-order valence-electron chi connectivity index (χ4n) is 3.26. The zero-order valence-corrected chi connectivity index (χ0v) is 20.8. The maximum absolute atomic E-state index is 12.7. The summed E-state index contributed by atoms with van der Waals surface area (Å²) < 4.78 is 0. The van der Waals surface area contributed by atoms with Gasteiger partial charge in [-0.15, -0.1) is 23.1 Å². The fourth-order valence-corrected chi connectivity index (χ4v) is 4.85. The van der Waals surface area contributed by atoms with Crippen LogP contribution in [0.5, 0.6) is 0 Å². The van der Waals surface area contributed by atoms with E-state index in [1.807, 2.05) is 92.9 Å². The van der Waals surface area contributed by atoms with E-state index < -0.39 is 0 Å². The van der Waals surface area contributed by atoms with Gasteiger partial charge in [-0.2, -0.15) is 0 Å². The number of hydrogen-bond donors (Lipinski definition) is 2. The zero-order chi connectivity index (χ0) is 24.1. The average molecular weight is 488 g/mol. The van der Waals surface area contributed by atoms with E-state index in [1.54, 1.807) is 6.07 Å². The highest BCUT2D eigenvalue weighted by Gasteiger charge is 2.17. The lowest BCUT2D eigenvalue weighted by Crippen LogP contribution is -2.22. The Balaban J connectivity index is 1.32. The monoisotopic (exact) mass is 487 g/mol. The van der Waals surface area contributed by atoms with Crippen LogP contribution in [0.3, 0.4) is 0 Å². The number of rotatable bonds is 7. The second kappa shape index (κ2) is 10.7. The molecule has 1 atom stereocenters. The number of benzene rings is 3. The van der Waals surface area contributed by atoms with Crippen LogP contribution in [0.25, 0.3) is 11.3 Å². The minimum atomic E-state index is -0.306. The van der Waals surface area contributed by atoms with Gasteiger partial charge < -0.3 is 10.6 Å². The summed E-state index contributed by atoms with van der Waals surface area (Å²) in [5.74, 6) is -0.253. The van der Waals surface area contributed by atoms with Crippen molar-refractivity contribution >= 4 is 45.7 Å². The SMILES string of the molecule is Cc1ccc(-c2csc(NC(=O)C(C)Sc3ccc(NC(=O)c4cccc(C)c4)cc3)n2)cc1. The number of thiazole rings is 1. The van der Waals surface area contributed by atoms with Crippen molar-refractivity contribution in [2.24, 2.45) is 0 Å². The number of aromatic nitrogens is 1. The number of aryl methyl sites for hydroxylation is 2. The highest BCUT2D eigenvalue weighted by molar-refractivity contribution is 8.00. The van der Waals surface area contributed by atoms with Crippen molar-refractivity contribution in [3.05, 3.63) is 94.9 Å². The van der Waals surface area contributed by atoms with Crippen LogP contribution in [0.1, 0.15) is 28.4 Å². The molecule has 0 aliphatic carbocycles. The van der Waals surface area contributed by atoms with Crippen LogP contribution in [-0.4, -0.2) is 22.0 Å². The zero-order valence-electron chi connectivity index (χ0n) is 19.2. The van der Waals surface area contributed by atoms with Crippen molar-refractivity contribution in [1.29, 1.82) is 0 Å². The van der Waals surface area contributed by atoms with Crippen molar-refractivity contribution in [1.82, 2.24) is 4.98 Å². The second-order valence-electron chi connectivity index (χ2n) is 8.00. The summed E-state index contributed by atoms with van der Waals surface area (Å²) in [4.78, 5) is 30.6. The van der Waals surface area contributed by atoms with Gasteiger partial charge in [0.15, 0.2) is 5.13 Å². The predicted molar refractivity (Wildman–Crippen MR) is 142 cm³/mol. The van der Waals surface area contributed by atoms with Gasteiger partial charge in [0.05, 0.1) is 10.9 Å². The number of anilines is 2. The number of hydrogen-bond acceptors (Lipinski definition) is 5. The summed E-state index contributed by atoms with van der Waals surface area (Å²) in [6, 6.07) is 23.1. The molecule has 1 heterocycles. The quantitative estimate of drug-likeness (QED) is 0.281. The molecule has 7 heteroatoms. The molecule has 0 saturated carbocycles. The summed E-state index contributed by atoms with van der Waals surface area (Å²) in [5.41, 5.74) is 5.44. The Labute approximate surface area is 207 Å². The molecule has 3 aromatic carbocycles. The van der Waals surface area contributed by atoms with E-state index in [9.17, 15) is 9.59 Å². The van der Waals surface area contributed by atoms with Gasteiger partial charge in [-0.25, -0.2) is 4.98 Å². The average Bonchev–Trinajstić information content (AvgIpc) is 3.29. The third-order valence-electron chi connectivity index (χ3n) is 5.16. The third-order valence-corrected chi connectivity index (χ3v) is 7.03. The van der Waals surface area contributed by atoms with E-state index in [0.717, 1.165) is 21.7 Å². The lowest BCUT2D eigenvalue weighted by molar-refractivity contribution is -0.115. The molecule has 4 rings (SSSR count). The van der Waals surface area contributed by atoms with E-state index in [-0.39, 0.29) is 17.1 Å². The lowest BCUT2D eigenvalue weighted by atomic mass is 10.1. The number of nitrogens with zero attached hydrogens (tertiary/aromatic N) is 1. The highest BCUT2D eigenvalue weighted by Crippen LogP contribution is 2.28. The Morgan fingerprint density at radius 1 is 0.912 bits per heavy atom. The molecule has 5 nitrogen and oxygen atoms in total. The molecule has 0 saturated heterocycles. The second-order valence-corrected chi connectivity index (χ2v) is 10.3. The Kier molecular flexibility index (Phi) is 7.45. The van der Waals surface area contributed by atoms with Crippen molar-refractivity contribution in [3.8, 4) is 11.3 Å². The van der Waals surface area contributed by atoms with E-state index in [4.69, 9.17) is 0 Å². The number of amides is 2. The molecule has 0 aliphatic rings. The van der Waals surface area contributed by atoms with Gasteiger partial charge in [-0.1, -0.05) is 47.5 Å². The van der Waals surface area contributed by atoms with Gasteiger partial charge >= 0.3 is 0 Å². The van der Waals surface area contributed by atoms with Crippen molar-refractivity contribution in [2.75, 3.05) is 10.6 Å². The molecule has 0 aliphatic heterocycles. The first-order chi connectivity index (χ1) is 16.4. The minimum Gasteiger partial charge on any atom is -0.322 e. The maximum Gasteiger partial charge on any atom is 0.255 e. The molecule has 1 aromatic heterocycles. The molecule has 172 valence electrons. The Morgan fingerprint density at radius 3 is 2.35 bits per heavy atom. The number of carbonyl (C=O) groups excluding carboxylic acids is 2. The molecule has 34 heavy (non-hydrogen) atoms. The summed E-state index contributed by atoms with van der Waals surface area (Å²) in [6.07, 6.45) is 0. The molecule has 2 N–H and O–H groups in total. The molecule has 0 bridgehead atoms. The smallest absolute Gasteiger partial charge is 0.255 e. The third kappa shape index (κ3) is 6.12. The summed E-state index contributed by atoms with van der Waals surface area (Å²) >= 11 is 2.87. The van der Waals surface area contributed by atoms with Gasteiger partial charge in [0.25, 0.3) is 5.91 Å². The fraction of sp³-hybridized carbons (Fsp3) is 0.148. The van der Waals surface area contributed by atoms with Crippen LogP contribution >= 0.6 is 23.1 Å². The first kappa shape index (κ1) is 23.7. The van der Waals surface area contributed by atoms with Gasteiger partial charge in [-0.05, 0) is 57.2 Å². The van der Waals surface area contributed by atoms with Gasteiger partial charge in [0.2, 0.25) is 5.91 Å². The number of nitrogens with one attached hydrogen (secondary N) is 2. The van der Waals surface area contributed by atoms with E-state index >= 15 is 0 Å². The van der Waals surface area contributed by atoms with Crippen molar-refractivity contribution in [3.63, 3.8) is 0 Å². The Hall–Kier alpha value is -3.42. The summed E-state index contributed by atoms with van der Waals surface area (Å²) in [5, 5.41) is 8.05. The van der Waals surface area contributed by atoms with Crippen LogP contribution in [0, 0.1) is 13.8 Å². The first-order valence-corrected chi connectivity index (χ1v) is 12.6. The van der Waals surface area contributed by atoms with E-state index in [2.05, 4.69) is 15.6 Å². The van der Waals surface area contributed by atoms with Crippen LogP contribution in [-0.2, 0) is 4.79 Å². The molecule has 0 radical (unpaired) electrons. The molecule has 0 spiro atoms. The summed E-state index contributed by atoms with van der Waals surface area (Å²) in [6.45, 7) is 5.87. The van der Waals surface area contributed by atoms with E-state index in [0.29, 0.717) is 16.4 Å². The Bertz CT molecular complexity index is 1300. The van der Waals surface area contributed by atoms with Crippen LogP contribution in [0.2, 0.25) is 0 Å². The van der Waals surface area contributed by atoms with Gasteiger partial charge in [0, 0.05) is 27.1 Å². The predicted octanol–water partition coefficient (Wildman–Crippen LogP) is 6.80. The van der Waals surface area contributed by atoms with Crippen molar-refractivity contribution < 1.29 is 9.59 Å². The maximum atomic E-state index is 12.7. The Morgan fingerprint density at radius 2 is 1.65 bits per heavy atom. The van der Waals surface area contributed by atoms with Crippen LogP contribution in [0.4, 0.5) is 10.8 Å². The molecule has 1 unspecified atom stereocenters. The van der Waals surface area contributed by atoms with Gasteiger partial charge in [-0.3, -0.25) is 9.59 Å². The molecular formula is C27H25N3O2S2. The lowest BCUT2D eigenvalue weighted by Gasteiger charge is -2.11. The topological polar surface area (TPSA) is 71.1 Å². The summed E-state index contributed by atoms with van der Waals surface area (Å²) in [7, 11) is 0. The molecule has 0 fully saturated rings. The van der Waals surface area contributed by atoms with Gasteiger partial charge in [0.1, 0.15) is 0 Å². The van der Waals surface area contributed by atoms with Crippen molar-refractivity contribution in [2.45, 2.75) is 30.9 Å². The standard InChI is InChI=1S/C27H25N3O2S2/c1-17-7-9-20(10-8-17)24-16-33-27(29-24)30-25(31)19(3)34-23-13-11-22(12-14-23)28-26(32)21-6-4-5-18(2)15-21/h4-16,19H,1-3H3,(H,28,32)(H,29,30,31). The van der Waals surface area contributed by atoms with E-state index in [1.165, 1.54) is 28.7 Å². The van der Waals surface area contributed by atoms with Crippen LogP contribution in [0.15, 0.2) is 83.1 Å². The number of carbonyl (C=O) groups is 2. The largest absolute Gasteiger partial charge is 0.322 e. The van der Waals surface area contributed by atoms with Crippen LogP contribution < -0.4 is 10.6 Å².